The van der Waals surface area contributed by atoms with Crippen LogP contribution in [0, 0.1) is 13.8 Å². The van der Waals surface area contributed by atoms with Crippen LogP contribution in [-0.4, -0.2) is 32.2 Å². The van der Waals surface area contributed by atoms with Gasteiger partial charge in [-0.3, -0.25) is 9.59 Å². The normalized spacial score (nSPS) is 10.7. The molecule has 28 heavy (non-hydrogen) atoms. The van der Waals surface area contributed by atoms with Crippen molar-refractivity contribution in [3.8, 4) is 0 Å². The first-order valence-corrected chi connectivity index (χ1v) is 9.89. The molecule has 7 heteroatoms. The number of carbonyl (C=O) groups is 2. The Morgan fingerprint density at radius 1 is 1.04 bits per heavy atom. The first-order chi connectivity index (χ1) is 13.4. The van der Waals surface area contributed by atoms with Crippen LogP contribution in [0.2, 0.25) is 0 Å². The maximum atomic E-state index is 12.3. The molecule has 1 aromatic heterocycles. The van der Waals surface area contributed by atoms with Crippen molar-refractivity contribution in [1.29, 1.82) is 0 Å². The van der Waals surface area contributed by atoms with Crippen molar-refractivity contribution in [2.75, 3.05) is 11.1 Å². The van der Waals surface area contributed by atoms with E-state index in [2.05, 4.69) is 15.5 Å². The van der Waals surface area contributed by atoms with Gasteiger partial charge < -0.3 is 9.88 Å². The lowest BCUT2D eigenvalue weighted by Crippen LogP contribution is -2.17. The highest BCUT2D eigenvalue weighted by molar-refractivity contribution is 7.99. The van der Waals surface area contributed by atoms with Gasteiger partial charge in [0.05, 0.1) is 12.2 Å². The monoisotopic (exact) mass is 394 g/mol. The second-order valence-corrected chi connectivity index (χ2v) is 7.50. The molecule has 1 heterocycles. The minimum absolute atomic E-state index is 0.0302. The third-order valence-corrected chi connectivity index (χ3v) is 5.48. The van der Waals surface area contributed by atoms with E-state index in [1.165, 1.54) is 17.3 Å². The molecule has 0 aliphatic rings. The summed E-state index contributed by atoms with van der Waals surface area (Å²) in [5.41, 5.74) is 3.74. The fourth-order valence-electron chi connectivity index (χ4n) is 2.63. The van der Waals surface area contributed by atoms with Crippen molar-refractivity contribution in [2.24, 2.45) is 7.05 Å². The summed E-state index contributed by atoms with van der Waals surface area (Å²) in [5, 5.41) is 11.7. The Hall–Kier alpha value is -2.93. The Bertz CT molecular complexity index is 999. The number of aryl methyl sites for hydroxylation is 2. The number of hydrogen-bond acceptors (Lipinski definition) is 5. The predicted octanol–water partition coefficient (Wildman–Crippen LogP) is 3.59. The molecular formula is C21H22N4O2S. The molecule has 0 bridgehead atoms. The highest BCUT2D eigenvalue weighted by atomic mass is 32.2. The summed E-state index contributed by atoms with van der Waals surface area (Å²) in [6, 6.07) is 14.9. The van der Waals surface area contributed by atoms with E-state index in [1.807, 2.05) is 50.2 Å². The number of Topliss-reactive ketones (excluding diaryl/α,β-unsaturated/α-hetero) is 1. The molecule has 1 N–H and O–H groups in total. The molecule has 2 aromatic carbocycles. The van der Waals surface area contributed by atoms with Gasteiger partial charge in [0.2, 0.25) is 5.91 Å². The van der Waals surface area contributed by atoms with Gasteiger partial charge in [0.15, 0.2) is 10.9 Å². The zero-order valence-electron chi connectivity index (χ0n) is 16.1. The Labute approximate surface area is 168 Å². The molecule has 3 aromatic rings. The summed E-state index contributed by atoms with van der Waals surface area (Å²) < 4.78 is 1.75. The van der Waals surface area contributed by atoms with Gasteiger partial charge in [-0.25, -0.2) is 0 Å². The quantitative estimate of drug-likeness (QED) is 0.489. The van der Waals surface area contributed by atoms with Gasteiger partial charge in [0.1, 0.15) is 5.82 Å². The Morgan fingerprint density at radius 3 is 2.50 bits per heavy atom. The van der Waals surface area contributed by atoms with E-state index in [4.69, 9.17) is 0 Å². The van der Waals surface area contributed by atoms with Crippen LogP contribution in [0.4, 0.5) is 5.69 Å². The molecule has 144 valence electrons. The second kappa shape index (κ2) is 8.84. The van der Waals surface area contributed by atoms with Gasteiger partial charge in [-0.15, -0.1) is 10.2 Å². The van der Waals surface area contributed by atoms with Crippen molar-refractivity contribution in [2.45, 2.75) is 25.4 Å². The first-order valence-electron chi connectivity index (χ1n) is 8.90. The highest BCUT2D eigenvalue weighted by Gasteiger charge is 2.15. The summed E-state index contributed by atoms with van der Waals surface area (Å²) in [4.78, 5) is 24.6. The number of benzene rings is 2. The molecule has 1 amide bonds. The Morgan fingerprint density at radius 2 is 1.79 bits per heavy atom. The van der Waals surface area contributed by atoms with E-state index in [0.29, 0.717) is 16.5 Å². The summed E-state index contributed by atoms with van der Waals surface area (Å²) in [5.74, 6) is 0.694. The van der Waals surface area contributed by atoms with Crippen molar-refractivity contribution < 1.29 is 9.59 Å². The average Bonchev–Trinajstić information content (AvgIpc) is 3.03. The minimum atomic E-state index is -0.157. The number of carbonyl (C=O) groups excluding carboxylic acids is 2. The van der Waals surface area contributed by atoms with Gasteiger partial charge >= 0.3 is 0 Å². The second-order valence-electron chi connectivity index (χ2n) is 6.56. The molecule has 0 radical (unpaired) electrons. The van der Waals surface area contributed by atoms with E-state index >= 15 is 0 Å². The average molecular weight is 395 g/mol. The van der Waals surface area contributed by atoms with Crippen molar-refractivity contribution >= 4 is 29.1 Å². The van der Waals surface area contributed by atoms with Gasteiger partial charge in [-0.05, 0) is 37.1 Å². The van der Waals surface area contributed by atoms with Crippen molar-refractivity contribution in [3.05, 3.63) is 71.0 Å². The third kappa shape index (κ3) is 4.86. The molecule has 6 nitrogen and oxygen atoms in total. The molecule has 0 saturated heterocycles. The number of hydrogen-bond donors (Lipinski definition) is 1. The van der Waals surface area contributed by atoms with Crippen LogP contribution in [-0.2, 0) is 18.3 Å². The highest BCUT2D eigenvalue weighted by Crippen LogP contribution is 2.18. The zero-order valence-corrected chi connectivity index (χ0v) is 16.9. The predicted molar refractivity (Wildman–Crippen MR) is 111 cm³/mol. The van der Waals surface area contributed by atoms with Crippen LogP contribution in [0.3, 0.4) is 0 Å². The van der Waals surface area contributed by atoms with Gasteiger partial charge in [-0.2, -0.15) is 0 Å². The molecule has 0 fully saturated rings. The van der Waals surface area contributed by atoms with E-state index in [1.54, 1.807) is 23.7 Å². The van der Waals surface area contributed by atoms with Crippen LogP contribution in [0.15, 0.2) is 53.7 Å². The Balaban J connectivity index is 1.58. The number of nitrogens with one attached hydrogen (secondary N) is 1. The van der Waals surface area contributed by atoms with E-state index in [9.17, 15) is 9.59 Å². The number of amides is 1. The van der Waals surface area contributed by atoms with Crippen molar-refractivity contribution in [1.82, 2.24) is 14.8 Å². The van der Waals surface area contributed by atoms with E-state index in [0.717, 1.165) is 11.3 Å². The summed E-state index contributed by atoms with van der Waals surface area (Å²) >= 11 is 1.31. The topological polar surface area (TPSA) is 76.9 Å². The van der Waals surface area contributed by atoms with Crippen molar-refractivity contribution in [3.63, 3.8) is 0 Å². The van der Waals surface area contributed by atoms with Crippen LogP contribution in [0.1, 0.15) is 27.3 Å². The maximum Gasteiger partial charge on any atom is 0.232 e. The lowest BCUT2D eigenvalue weighted by molar-refractivity contribution is -0.115. The van der Waals surface area contributed by atoms with Crippen LogP contribution >= 0.6 is 11.8 Å². The summed E-state index contributed by atoms with van der Waals surface area (Å²) in [6.45, 7) is 4.04. The molecule has 0 aliphatic carbocycles. The van der Waals surface area contributed by atoms with Crippen LogP contribution in [0.25, 0.3) is 0 Å². The maximum absolute atomic E-state index is 12.3. The fraction of sp³-hybridized carbons (Fsp3) is 0.238. The Kier molecular flexibility index (Phi) is 6.26. The molecule has 0 saturated carbocycles. The van der Waals surface area contributed by atoms with Crippen LogP contribution < -0.4 is 5.32 Å². The zero-order chi connectivity index (χ0) is 20.1. The third-order valence-electron chi connectivity index (χ3n) is 4.46. The van der Waals surface area contributed by atoms with Gasteiger partial charge in [-0.1, -0.05) is 48.2 Å². The SMILES string of the molecule is Cc1ccc(NC(=O)Cc2nnc(SCC(=O)c3ccccc3)n2C)cc1C. The summed E-state index contributed by atoms with van der Waals surface area (Å²) in [6.07, 6.45) is 0.115. The number of thioether (sulfide) groups is 1. The van der Waals surface area contributed by atoms with E-state index < -0.39 is 0 Å². The first kappa shape index (κ1) is 19.8. The fourth-order valence-corrected chi connectivity index (χ4v) is 3.45. The summed E-state index contributed by atoms with van der Waals surface area (Å²) in [7, 11) is 1.80. The number of aromatic nitrogens is 3. The lowest BCUT2D eigenvalue weighted by atomic mass is 10.1. The number of ketones is 1. The number of nitrogens with zero attached hydrogens (tertiary/aromatic N) is 3. The van der Waals surface area contributed by atoms with Gasteiger partial charge in [0.25, 0.3) is 0 Å². The lowest BCUT2D eigenvalue weighted by Gasteiger charge is -2.08. The molecule has 0 spiro atoms. The smallest absolute Gasteiger partial charge is 0.232 e. The minimum Gasteiger partial charge on any atom is -0.326 e. The van der Waals surface area contributed by atoms with Crippen LogP contribution in [0.5, 0.6) is 0 Å². The standard InChI is InChI=1S/C21H22N4O2S/c1-14-9-10-17(11-15(14)2)22-20(27)12-19-23-24-21(25(19)3)28-13-18(26)16-7-5-4-6-8-16/h4-11H,12-13H2,1-3H3,(H,22,27). The largest absolute Gasteiger partial charge is 0.326 e. The number of anilines is 1. The number of rotatable bonds is 7. The molecule has 0 atom stereocenters. The molecule has 0 aliphatic heterocycles. The van der Waals surface area contributed by atoms with E-state index in [-0.39, 0.29) is 23.9 Å². The molecule has 3 rings (SSSR count). The van der Waals surface area contributed by atoms with Gasteiger partial charge in [0, 0.05) is 18.3 Å². The molecule has 0 unspecified atom stereocenters. The molecular weight excluding hydrogens is 372 g/mol.